The summed E-state index contributed by atoms with van der Waals surface area (Å²) in [5, 5.41) is 0. The molecule has 5 heteroatoms. The highest BCUT2D eigenvalue weighted by Crippen LogP contribution is 2.35. The Hall–Kier alpha value is -1.88. The Morgan fingerprint density at radius 2 is 1.78 bits per heavy atom. The molecular weight excluding hydrogens is 241 g/mol. The molecule has 0 aliphatic heterocycles. The molecule has 1 atom stereocenters. The van der Waals surface area contributed by atoms with Gasteiger partial charge in [0.25, 0.3) is 0 Å². The van der Waals surface area contributed by atoms with Crippen LogP contribution in [0.3, 0.4) is 0 Å². The molecule has 2 aromatic rings. The first kappa shape index (κ1) is 12.6. The summed E-state index contributed by atoms with van der Waals surface area (Å²) in [5.41, 5.74) is 6.39. The highest BCUT2D eigenvalue weighted by atomic mass is 19.4. The van der Waals surface area contributed by atoms with Gasteiger partial charge in [-0.2, -0.15) is 13.2 Å². The van der Waals surface area contributed by atoms with Crippen molar-refractivity contribution in [1.29, 1.82) is 0 Å². The van der Waals surface area contributed by atoms with Crippen molar-refractivity contribution in [2.45, 2.75) is 12.2 Å². The molecule has 2 nitrogen and oxygen atoms in total. The molecule has 1 aromatic carbocycles. The van der Waals surface area contributed by atoms with Gasteiger partial charge in [-0.3, -0.25) is 4.98 Å². The Bertz CT molecular complexity index is 523. The summed E-state index contributed by atoms with van der Waals surface area (Å²) in [6, 6.07) is 7.60. The van der Waals surface area contributed by atoms with E-state index in [9.17, 15) is 13.2 Å². The number of rotatable bonds is 2. The Morgan fingerprint density at radius 1 is 1.06 bits per heavy atom. The molecule has 0 aliphatic carbocycles. The summed E-state index contributed by atoms with van der Waals surface area (Å²) in [6.45, 7) is 0. The van der Waals surface area contributed by atoms with Crippen molar-refractivity contribution in [2.75, 3.05) is 0 Å². The van der Waals surface area contributed by atoms with Crippen molar-refractivity contribution in [2.24, 2.45) is 5.73 Å². The second-order valence-corrected chi connectivity index (χ2v) is 3.85. The van der Waals surface area contributed by atoms with E-state index in [1.54, 1.807) is 36.5 Å². The zero-order valence-corrected chi connectivity index (χ0v) is 9.35. The molecule has 0 amide bonds. The summed E-state index contributed by atoms with van der Waals surface area (Å²) in [5.74, 6) is 0. The third-order valence-corrected chi connectivity index (χ3v) is 2.62. The number of nitrogens with zero attached hydrogens (tertiary/aromatic N) is 1. The summed E-state index contributed by atoms with van der Waals surface area (Å²) in [4.78, 5) is 3.90. The monoisotopic (exact) mass is 252 g/mol. The van der Waals surface area contributed by atoms with Gasteiger partial charge in [0.05, 0.1) is 0 Å². The molecule has 0 saturated heterocycles. The van der Waals surface area contributed by atoms with E-state index in [0.717, 1.165) is 0 Å². The van der Waals surface area contributed by atoms with Crippen LogP contribution < -0.4 is 5.73 Å². The number of halogens is 3. The maximum Gasteiger partial charge on any atom is 0.407 e. The highest BCUT2D eigenvalue weighted by molar-refractivity contribution is 5.67. The van der Waals surface area contributed by atoms with Crippen molar-refractivity contribution in [3.8, 4) is 11.1 Å². The van der Waals surface area contributed by atoms with E-state index in [-0.39, 0.29) is 5.56 Å². The minimum absolute atomic E-state index is 0.0537. The maximum absolute atomic E-state index is 12.7. The molecule has 0 fully saturated rings. The lowest BCUT2D eigenvalue weighted by atomic mass is 9.96. The van der Waals surface area contributed by atoms with E-state index in [4.69, 9.17) is 5.73 Å². The molecule has 0 saturated carbocycles. The topological polar surface area (TPSA) is 38.9 Å². The van der Waals surface area contributed by atoms with E-state index in [2.05, 4.69) is 4.98 Å². The average Bonchev–Trinajstić information content (AvgIpc) is 2.38. The number of aromatic nitrogens is 1. The number of alkyl halides is 3. The molecule has 0 radical (unpaired) electrons. The van der Waals surface area contributed by atoms with Crippen molar-refractivity contribution < 1.29 is 13.2 Å². The van der Waals surface area contributed by atoms with Crippen molar-refractivity contribution >= 4 is 0 Å². The predicted molar refractivity (Wildman–Crippen MR) is 62.7 cm³/mol. The van der Waals surface area contributed by atoms with Crippen LogP contribution in [0.25, 0.3) is 11.1 Å². The molecule has 2 rings (SSSR count). The fourth-order valence-electron chi connectivity index (χ4n) is 1.73. The fourth-order valence-corrected chi connectivity index (χ4v) is 1.73. The molecule has 1 heterocycles. The molecule has 0 aliphatic rings. The molecular formula is C13H11F3N2. The summed E-state index contributed by atoms with van der Waals surface area (Å²) in [7, 11) is 0. The molecule has 0 bridgehead atoms. The highest BCUT2D eigenvalue weighted by Gasteiger charge is 2.38. The van der Waals surface area contributed by atoms with Crippen molar-refractivity contribution in [3.63, 3.8) is 0 Å². The molecule has 1 aromatic heterocycles. The van der Waals surface area contributed by atoms with Crippen LogP contribution in [0.1, 0.15) is 11.6 Å². The Morgan fingerprint density at radius 3 is 2.39 bits per heavy atom. The van der Waals surface area contributed by atoms with E-state index >= 15 is 0 Å². The average molecular weight is 252 g/mol. The van der Waals surface area contributed by atoms with Gasteiger partial charge in [-0.05, 0) is 17.2 Å². The first-order valence-electron chi connectivity index (χ1n) is 5.32. The Labute approximate surface area is 102 Å². The minimum Gasteiger partial charge on any atom is -0.316 e. The number of hydrogen-bond donors (Lipinski definition) is 1. The summed E-state index contributed by atoms with van der Waals surface area (Å²) < 4.78 is 38.1. The summed E-state index contributed by atoms with van der Waals surface area (Å²) in [6.07, 6.45) is -1.38. The standard InChI is InChI=1S/C13H11F3N2/c14-13(15,16)12(17)11-6-2-1-5-10(11)9-4-3-7-18-8-9/h1-8,12H,17H2/t12-/m1/s1. The van der Waals surface area contributed by atoms with Crippen LogP contribution in [0.2, 0.25) is 0 Å². The quantitative estimate of drug-likeness (QED) is 0.890. The molecule has 2 N–H and O–H groups in total. The number of nitrogens with two attached hydrogens (primary N) is 1. The van der Waals surface area contributed by atoms with Crippen LogP contribution in [0.15, 0.2) is 48.8 Å². The maximum atomic E-state index is 12.7. The van der Waals surface area contributed by atoms with E-state index in [0.29, 0.717) is 11.1 Å². The van der Waals surface area contributed by atoms with Gasteiger partial charge in [0.2, 0.25) is 0 Å². The molecule has 0 unspecified atom stereocenters. The van der Waals surface area contributed by atoms with Gasteiger partial charge in [-0.15, -0.1) is 0 Å². The third kappa shape index (κ3) is 2.51. The lowest BCUT2D eigenvalue weighted by molar-refractivity contribution is -0.149. The first-order chi connectivity index (χ1) is 8.50. The van der Waals surface area contributed by atoms with Gasteiger partial charge in [-0.1, -0.05) is 30.3 Å². The molecule has 18 heavy (non-hydrogen) atoms. The Kier molecular flexibility index (Phi) is 3.34. The van der Waals surface area contributed by atoms with Gasteiger partial charge in [-0.25, -0.2) is 0 Å². The number of pyridine rings is 1. The van der Waals surface area contributed by atoms with Crippen molar-refractivity contribution in [3.05, 3.63) is 54.4 Å². The Balaban J connectivity index is 2.51. The second-order valence-electron chi connectivity index (χ2n) is 3.85. The second kappa shape index (κ2) is 4.78. The first-order valence-corrected chi connectivity index (χ1v) is 5.32. The van der Waals surface area contributed by atoms with Crippen LogP contribution in [0.5, 0.6) is 0 Å². The van der Waals surface area contributed by atoms with E-state index < -0.39 is 12.2 Å². The van der Waals surface area contributed by atoms with E-state index in [1.807, 2.05) is 0 Å². The zero-order chi connectivity index (χ0) is 13.2. The van der Waals surface area contributed by atoms with Gasteiger partial charge >= 0.3 is 6.18 Å². The van der Waals surface area contributed by atoms with Crippen LogP contribution in [-0.4, -0.2) is 11.2 Å². The van der Waals surface area contributed by atoms with Crippen LogP contribution in [0, 0.1) is 0 Å². The lowest BCUT2D eigenvalue weighted by Gasteiger charge is -2.19. The van der Waals surface area contributed by atoms with Gasteiger partial charge in [0, 0.05) is 18.0 Å². The number of hydrogen-bond acceptors (Lipinski definition) is 2. The lowest BCUT2D eigenvalue weighted by Crippen LogP contribution is -2.28. The zero-order valence-electron chi connectivity index (χ0n) is 9.35. The van der Waals surface area contributed by atoms with Crippen LogP contribution in [0.4, 0.5) is 13.2 Å². The predicted octanol–water partition coefficient (Wildman–Crippen LogP) is 3.31. The van der Waals surface area contributed by atoms with Crippen LogP contribution in [-0.2, 0) is 0 Å². The van der Waals surface area contributed by atoms with Gasteiger partial charge < -0.3 is 5.73 Å². The fraction of sp³-hybridized carbons (Fsp3) is 0.154. The number of benzene rings is 1. The van der Waals surface area contributed by atoms with Crippen LogP contribution >= 0.6 is 0 Å². The molecule has 94 valence electrons. The van der Waals surface area contributed by atoms with Gasteiger partial charge in [0.1, 0.15) is 6.04 Å². The van der Waals surface area contributed by atoms with Crippen molar-refractivity contribution in [1.82, 2.24) is 4.98 Å². The van der Waals surface area contributed by atoms with Gasteiger partial charge in [0.15, 0.2) is 0 Å². The SMILES string of the molecule is N[C@H](c1ccccc1-c1cccnc1)C(F)(F)F. The smallest absolute Gasteiger partial charge is 0.316 e. The largest absolute Gasteiger partial charge is 0.407 e. The third-order valence-electron chi connectivity index (χ3n) is 2.62. The minimum atomic E-state index is -4.46. The normalized spacial score (nSPS) is 13.3. The van der Waals surface area contributed by atoms with E-state index in [1.165, 1.54) is 12.3 Å². The molecule has 0 spiro atoms. The summed E-state index contributed by atoms with van der Waals surface area (Å²) >= 11 is 0.